The molecule has 3 nitrogen and oxygen atoms in total. The number of hydrogen-bond donors (Lipinski definition) is 2. The molecule has 0 heterocycles. The van der Waals surface area contributed by atoms with E-state index >= 15 is 0 Å². The summed E-state index contributed by atoms with van der Waals surface area (Å²) in [5.74, 6) is -0.0872. The first-order valence-electron chi connectivity index (χ1n) is 6.59. The molecule has 0 spiro atoms. The minimum atomic E-state index is -0.0872. The topological polar surface area (TPSA) is 41.1 Å². The quantitative estimate of drug-likeness (QED) is 0.823. The summed E-state index contributed by atoms with van der Waals surface area (Å²) in [5.41, 5.74) is 1.82. The van der Waals surface area contributed by atoms with Crippen molar-refractivity contribution in [3.05, 3.63) is 63.6 Å². The number of amides is 1. The van der Waals surface area contributed by atoms with Crippen molar-refractivity contribution in [1.29, 1.82) is 0 Å². The van der Waals surface area contributed by atoms with E-state index in [-0.39, 0.29) is 18.5 Å². The van der Waals surface area contributed by atoms with Crippen molar-refractivity contribution in [3.8, 4) is 0 Å². The molecule has 0 radical (unpaired) electrons. The van der Waals surface area contributed by atoms with Gasteiger partial charge in [-0.25, -0.2) is 0 Å². The van der Waals surface area contributed by atoms with Gasteiger partial charge in [0.15, 0.2) is 0 Å². The van der Waals surface area contributed by atoms with Crippen LogP contribution in [0.2, 0.25) is 5.02 Å². The van der Waals surface area contributed by atoms with E-state index in [1.165, 1.54) is 0 Å². The first kappa shape index (κ1) is 16.0. The Hall–Kier alpha value is -1.36. The molecule has 2 N–H and O–H groups in total. The van der Waals surface area contributed by atoms with Gasteiger partial charge in [-0.15, -0.1) is 0 Å². The minimum Gasteiger partial charge on any atom is -0.324 e. The Morgan fingerprint density at radius 1 is 1.24 bits per heavy atom. The second-order valence-electron chi connectivity index (χ2n) is 4.69. The molecular weight excluding hydrogens is 352 g/mol. The highest BCUT2D eigenvalue weighted by Crippen LogP contribution is 2.21. The number of anilines is 1. The number of benzene rings is 2. The number of para-hydroxylation sites is 1. The molecule has 2 rings (SSSR count). The second kappa shape index (κ2) is 7.59. The van der Waals surface area contributed by atoms with Crippen molar-refractivity contribution in [1.82, 2.24) is 5.32 Å². The van der Waals surface area contributed by atoms with Gasteiger partial charge < -0.3 is 10.6 Å². The maximum Gasteiger partial charge on any atom is 0.238 e. The highest BCUT2D eigenvalue weighted by molar-refractivity contribution is 9.10. The van der Waals surface area contributed by atoms with Crippen LogP contribution in [0.15, 0.2) is 53.0 Å². The van der Waals surface area contributed by atoms with Gasteiger partial charge in [0.2, 0.25) is 5.91 Å². The van der Waals surface area contributed by atoms with E-state index in [2.05, 4.69) is 26.6 Å². The van der Waals surface area contributed by atoms with Crippen LogP contribution < -0.4 is 10.6 Å². The molecule has 0 saturated heterocycles. The molecule has 0 aliphatic heterocycles. The van der Waals surface area contributed by atoms with Crippen LogP contribution in [0.1, 0.15) is 18.5 Å². The molecule has 0 bridgehead atoms. The highest BCUT2D eigenvalue weighted by atomic mass is 79.9. The first-order valence-corrected chi connectivity index (χ1v) is 7.76. The van der Waals surface area contributed by atoms with E-state index in [1.54, 1.807) is 0 Å². The standard InChI is InChI=1S/C16H16BrClN2O/c1-11(12-5-4-6-13(18)9-12)19-10-16(21)20-15-8-3-2-7-14(15)17/h2-9,11,19H,10H2,1H3,(H,20,21). The van der Waals surface area contributed by atoms with E-state index < -0.39 is 0 Å². The summed E-state index contributed by atoms with van der Waals surface area (Å²) in [6.07, 6.45) is 0. The summed E-state index contributed by atoms with van der Waals surface area (Å²) in [4.78, 5) is 11.9. The largest absolute Gasteiger partial charge is 0.324 e. The zero-order chi connectivity index (χ0) is 15.2. The Labute approximate surface area is 137 Å². The second-order valence-corrected chi connectivity index (χ2v) is 5.98. The lowest BCUT2D eigenvalue weighted by Gasteiger charge is -2.14. The molecular formula is C16H16BrClN2O. The molecule has 1 atom stereocenters. The molecule has 0 aliphatic carbocycles. The molecule has 5 heteroatoms. The summed E-state index contributed by atoms with van der Waals surface area (Å²) >= 11 is 9.36. The number of carbonyl (C=O) groups is 1. The van der Waals surface area contributed by atoms with Gasteiger partial charge in [-0.2, -0.15) is 0 Å². The summed E-state index contributed by atoms with van der Waals surface area (Å²) in [6, 6.07) is 15.2. The zero-order valence-corrected chi connectivity index (χ0v) is 13.9. The van der Waals surface area contributed by atoms with Crippen LogP contribution in [0, 0.1) is 0 Å². The lowest BCUT2D eigenvalue weighted by molar-refractivity contribution is -0.115. The number of hydrogen-bond acceptors (Lipinski definition) is 2. The number of rotatable bonds is 5. The Kier molecular flexibility index (Phi) is 5.79. The number of nitrogens with one attached hydrogen (secondary N) is 2. The van der Waals surface area contributed by atoms with Gasteiger partial charge in [-0.05, 0) is 52.7 Å². The molecule has 110 valence electrons. The fraction of sp³-hybridized carbons (Fsp3) is 0.188. The van der Waals surface area contributed by atoms with E-state index in [0.29, 0.717) is 5.02 Å². The molecule has 2 aromatic rings. The van der Waals surface area contributed by atoms with Gasteiger partial charge >= 0.3 is 0 Å². The SMILES string of the molecule is CC(NCC(=O)Nc1ccccc1Br)c1cccc(Cl)c1. The van der Waals surface area contributed by atoms with Crippen LogP contribution in [-0.2, 0) is 4.79 Å². The Morgan fingerprint density at radius 3 is 2.71 bits per heavy atom. The van der Waals surface area contributed by atoms with Crippen molar-refractivity contribution in [2.24, 2.45) is 0 Å². The number of halogens is 2. The molecule has 2 aromatic carbocycles. The number of carbonyl (C=O) groups excluding carboxylic acids is 1. The first-order chi connectivity index (χ1) is 10.1. The average molecular weight is 368 g/mol. The Morgan fingerprint density at radius 2 is 2.00 bits per heavy atom. The Bertz CT molecular complexity index is 633. The predicted octanol–water partition coefficient (Wildman–Crippen LogP) is 4.39. The van der Waals surface area contributed by atoms with E-state index in [1.807, 2.05) is 55.5 Å². The van der Waals surface area contributed by atoms with Crippen LogP contribution in [0.3, 0.4) is 0 Å². The smallest absolute Gasteiger partial charge is 0.238 e. The van der Waals surface area contributed by atoms with Gasteiger partial charge in [0.25, 0.3) is 0 Å². The van der Waals surface area contributed by atoms with Crippen molar-refractivity contribution in [3.63, 3.8) is 0 Å². The van der Waals surface area contributed by atoms with Crippen molar-refractivity contribution < 1.29 is 4.79 Å². The monoisotopic (exact) mass is 366 g/mol. The minimum absolute atomic E-state index is 0.0497. The normalized spacial score (nSPS) is 12.0. The van der Waals surface area contributed by atoms with Crippen LogP contribution in [-0.4, -0.2) is 12.5 Å². The van der Waals surface area contributed by atoms with Gasteiger partial charge in [-0.1, -0.05) is 35.9 Å². The van der Waals surface area contributed by atoms with E-state index in [9.17, 15) is 4.79 Å². The third-order valence-electron chi connectivity index (χ3n) is 3.07. The summed E-state index contributed by atoms with van der Waals surface area (Å²) in [5, 5.41) is 6.73. The van der Waals surface area contributed by atoms with Crippen LogP contribution in [0.25, 0.3) is 0 Å². The summed E-state index contributed by atoms with van der Waals surface area (Å²) in [6.45, 7) is 2.23. The fourth-order valence-electron chi connectivity index (χ4n) is 1.90. The average Bonchev–Trinajstić information content (AvgIpc) is 2.47. The van der Waals surface area contributed by atoms with Gasteiger partial charge in [0.1, 0.15) is 0 Å². The lowest BCUT2D eigenvalue weighted by Crippen LogP contribution is -2.30. The van der Waals surface area contributed by atoms with Crippen LogP contribution >= 0.6 is 27.5 Å². The molecule has 1 unspecified atom stereocenters. The van der Waals surface area contributed by atoms with Crippen molar-refractivity contribution in [2.75, 3.05) is 11.9 Å². The molecule has 0 fully saturated rings. The predicted molar refractivity (Wildman–Crippen MR) is 90.6 cm³/mol. The highest BCUT2D eigenvalue weighted by Gasteiger charge is 2.09. The summed E-state index contributed by atoms with van der Waals surface area (Å²) < 4.78 is 0.862. The molecule has 0 aliphatic rings. The van der Waals surface area contributed by atoms with Crippen molar-refractivity contribution in [2.45, 2.75) is 13.0 Å². The molecule has 21 heavy (non-hydrogen) atoms. The van der Waals surface area contributed by atoms with Crippen LogP contribution in [0.5, 0.6) is 0 Å². The third-order valence-corrected chi connectivity index (χ3v) is 3.99. The molecule has 0 aromatic heterocycles. The maximum absolute atomic E-state index is 11.9. The summed E-state index contributed by atoms with van der Waals surface area (Å²) in [7, 11) is 0. The molecule has 1 amide bonds. The van der Waals surface area contributed by atoms with E-state index in [0.717, 1.165) is 15.7 Å². The lowest BCUT2D eigenvalue weighted by atomic mass is 10.1. The van der Waals surface area contributed by atoms with Gasteiger partial charge in [0.05, 0.1) is 12.2 Å². The molecule has 0 saturated carbocycles. The third kappa shape index (κ3) is 4.84. The van der Waals surface area contributed by atoms with Gasteiger partial charge in [0, 0.05) is 15.5 Å². The van der Waals surface area contributed by atoms with Gasteiger partial charge in [-0.3, -0.25) is 4.79 Å². The Balaban J connectivity index is 1.88. The van der Waals surface area contributed by atoms with Crippen molar-refractivity contribution >= 4 is 39.1 Å². The van der Waals surface area contributed by atoms with E-state index in [4.69, 9.17) is 11.6 Å². The zero-order valence-electron chi connectivity index (χ0n) is 11.6. The maximum atomic E-state index is 11.9. The van der Waals surface area contributed by atoms with Crippen LogP contribution in [0.4, 0.5) is 5.69 Å². The fourth-order valence-corrected chi connectivity index (χ4v) is 2.48.